The van der Waals surface area contributed by atoms with Gasteiger partial charge in [0.2, 0.25) is 0 Å². The van der Waals surface area contributed by atoms with Crippen molar-refractivity contribution >= 4 is 34.5 Å². The van der Waals surface area contributed by atoms with E-state index in [9.17, 15) is 0 Å². The van der Waals surface area contributed by atoms with Crippen LogP contribution in [-0.2, 0) is 11.8 Å². The van der Waals surface area contributed by atoms with Gasteiger partial charge in [-0.1, -0.05) is 50.6 Å². The molecular formula is C16H19Cl2NS. The van der Waals surface area contributed by atoms with E-state index in [4.69, 9.17) is 28.2 Å². The van der Waals surface area contributed by atoms with Gasteiger partial charge in [-0.2, -0.15) is 0 Å². The topological polar surface area (TPSA) is 12.9 Å². The maximum atomic E-state index is 6.27. The smallest absolute Gasteiger partial charge is 0.0935 e. The number of alkyl halides is 1. The van der Waals surface area contributed by atoms with Crippen LogP contribution in [0.4, 0.5) is 0 Å². The predicted octanol–water partition coefficient (Wildman–Crippen LogP) is 5.66. The van der Waals surface area contributed by atoms with Crippen LogP contribution in [0.3, 0.4) is 0 Å². The zero-order valence-electron chi connectivity index (χ0n) is 12.0. The minimum Gasteiger partial charge on any atom is -0.246 e. The molecule has 0 radical (unpaired) electrons. The van der Waals surface area contributed by atoms with Gasteiger partial charge in [0.25, 0.3) is 0 Å². The first-order chi connectivity index (χ1) is 9.41. The van der Waals surface area contributed by atoms with E-state index in [0.717, 1.165) is 27.7 Å². The SMILES string of the molecule is CC(C)(C)c1csc(CC(CCl)c2ccccc2Cl)n1. The fraction of sp³-hybridized carbons (Fsp3) is 0.438. The Morgan fingerprint density at radius 1 is 1.25 bits per heavy atom. The lowest BCUT2D eigenvalue weighted by Gasteiger charge is -2.16. The fourth-order valence-electron chi connectivity index (χ4n) is 2.01. The maximum Gasteiger partial charge on any atom is 0.0935 e. The first-order valence-corrected chi connectivity index (χ1v) is 8.46. The third-order valence-corrected chi connectivity index (χ3v) is 4.86. The summed E-state index contributed by atoms with van der Waals surface area (Å²) in [5, 5.41) is 4.05. The van der Waals surface area contributed by atoms with Crippen molar-refractivity contribution in [3.63, 3.8) is 0 Å². The van der Waals surface area contributed by atoms with E-state index in [0.29, 0.717) is 5.88 Å². The zero-order chi connectivity index (χ0) is 14.8. The second kappa shape index (κ2) is 6.46. The van der Waals surface area contributed by atoms with Gasteiger partial charge in [0, 0.05) is 34.0 Å². The van der Waals surface area contributed by atoms with Gasteiger partial charge in [0.1, 0.15) is 0 Å². The van der Waals surface area contributed by atoms with E-state index in [1.807, 2.05) is 24.3 Å². The van der Waals surface area contributed by atoms with Crippen molar-refractivity contribution in [3.8, 4) is 0 Å². The van der Waals surface area contributed by atoms with Crippen LogP contribution in [0.1, 0.15) is 43.0 Å². The second-order valence-corrected chi connectivity index (χ2v) is 7.61. The summed E-state index contributed by atoms with van der Waals surface area (Å²) in [6.07, 6.45) is 0.841. The van der Waals surface area contributed by atoms with Gasteiger partial charge >= 0.3 is 0 Å². The van der Waals surface area contributed by atoms with Gasteiger partial charge in [0.15, 0.2) is 0 Å². The number of halogens is 2. The zero-order valence-corrected chi connectivity index (χ0v) is 14.3. The molecule has 2 rings (SSSR count). The van der Waals surface area contributed by atoms with E-state index in [2.05, 4.69) is 26.2 Å². The summed E-state index contributed by atoms with van der Waals surface area (Å²) >= 11 is 14.1. The van der Waals surface area contributed by atoms with E-state index in [1.165, 1.54) is 0 Å². The Hall–Kier alpha value is -0.570. The summed E-state index contributed by atoms with van der Waals surface area (Å²) in [7, 11) is 0. The molecule has 0 aliphatic heterocycles. The monoisotopic (exact) mass is 327 g/mol. The highest BCUT2D eigenvalue weighted by molar-refractivity contribution is 7.09. The summed E-state index contributed by atoms with van der Waals surface area (Å²) in [5.41, 5.74) is 2.34. The number of rotatable bonds is 4. The molecular weight excluding hydrogens is 309 g/mol. The average Bonchev–Trinajstić information content (AvgIpc) is 2.85. The van der Waals surface area contributed by atoms with Crippen molar-refractivity contribution in [1.29, 1.82) is 0 Å². The lowest BCUT2D eigenvalue weighted by atomic mass is 9.93. The fourth-order valence-corrected chi connectivity index (χ4v) is 3.68. The van der Waals surface area contributed by atoms with E-state index >= 15 is 0 Å². The summed E-state index contributed by atoms with van der Waals surface area (Å²) in [4.78, 5) is 4.74. The summed E-state index contributed by atoms with van der Waals surface area (Å²) in [6.45, 7) is 6.54. The molecule has 108 valence electrons. The Bertz CT molecular complexity index is 572. The number of nitrogens with zero attached hydrogens (tertiary/aromatic N) is 1. The highest BCUT2D eigenvalue weighted by Crippen LogP contribution is 2.31. The molecule has 0 saturated heterocycles. The Balaban J connectivity index is 2.19. The molecule has 0 saturated carbocycles. The van der Waals surface area contributed by atoms with Crippen molar-refractivity contribution in [2.24, 2.45) is 0 Å². The molecule has 0 spiro atoms. The minimum absolute atomic E-state index is 0.0929. The predicted molar refractivity (Wildman–Crippen MR) is 89.4 cm³/mol. The Labute approximate surface area is 135 Å². The molecule has 20 heavy (non-hydrogen) atoms. The largest absolute Gasteiger partial charge is 0.246 e. The molecule has 1 unspecified atom stereocenters. The Morgan fingerprint density at radius 3 is 2.50 bits per heavy atom. The average molecular weight is 328 g/mol. The Kier molecular flexibility index (Phi) is 5.11. The standard InChI is InChI=1S/C16H19Cl2NS/c1-16(2,3)14-10-20-15(19-14)8-11(9-17)12-6-4-5-7-13(12)18/h4-7,10-11H,8-9H2,1-3H3. The number of hydrogen-bond donors (Lipinski definition) is 0. The number of hydrogen-bond acceptors (Lipinski definition) is 2. The minimum atomic E-state index is 0.0929. The van der Waals surface area contributed by atoms with Crippen molar-refractivity contribution in [1.82, 2.24) is 4.98 Å². The molecule has 0 amide bonds. The molecule has 1 nitrogen and oxygen atoms in total. The highest BCUT2D eigenvalue weighted by atomic mass is 35.5. The van der Waals surface area contributed by atoms with Gasteiger partial charge in [0.05, 0.1) is 10.7 Å². The number of aromatic nitrogens is 1. The normalized spacial score (nSPS) is 13.4. The van der Waals surface area contributed by atoms with Crippen molar-refractivity contribution in [2.45, 2.75) is 38.5 Å². The third kappa shape index (κ3) is 3.75. The van der Waals surface area contributed by atoms with Gasteiger partial charge in [-0.3, -0.25) is 0 Å². The van der Waals surface area contributed by atoms with Crippen LogP contribution in [0.25, 0.3) is 0 Å². The van der Waals surface area contributed by atoms with E-state index in [1.54, 1.807) is 11.3 Å². The molecule has 1 heterocycles. The molecule has 4 heteroatoms. The third-order valence-electron chi connectivity index (χ3n) is 3.27. The Morgan fingerprint density at radius 2 is 1.95 bits per heavy atom. The quantitative estimate of drug-likeness (QED) is 0.660. The molecule has 0 aliphatic rings. The van der Waals surface area contributed by atoms with Crippen LogP contribution in [-0.4, -0.2) is 10.9 Å². The molecule has 1 aromatic carbocycles. The van der Waals surface area contributed by atoms with Crippen LogP contribution in [0.5, 0.6) is 0 Å². The molecule has 1 aromatic heterocycles. The molecule has 0 bridgehead atoms. The highest BCUT2D eigenvalue weighted by Gasteiger charge is 2.20. The summed E-state index contributed by atoms with van der Waals surface area (Å²) in [6, 6.07) is 7.91. The molecule has 0 aliphatic carbocycles. The van der Waals surface area contributed by atoms with Crippen LogP contribution in [0.2, 0.25) is 5.02 Å². The summed E-state index contributed by atoms with van der Waals surface area (Å²) in [5.74, 6) is 0.762. The van der Waals surface area contributed by atoms with E-state index < -0.39 is 0 Å². The van der Waals surface area contributed by atoms with Gasteiger partial charge in [-0.25, -0.2) is 4.98 Å². The molecule has 0 N–H and O–H groups in total. The molecule has 2 aromatic rings. The number of thiazole rings is 1. The number of benzene rings is 1. The van der Waals surface area contributed by atoms with Crippen molar-refractivity contribution in [3.05, 3.63) is 50.9 Å². The summed E-state index contributed by atoms with van der Waals surface area (Å²) < 4.78 is 0. The van der Waals surface area contributed by atoms with Gasteiger partial charge < -0.3 is 0 Å². The van der Waals surface area contributed by atoms with Gasteiger partial charge in [-0.05, 0) is 11.6 Å². The lowest BCUT2D eigenvalue weighted by molar-refractivity contribution is 0.569. The molecule has 1 atom stereocenters. The molecule has 0 fully saturated rings. The van der Waals surface area contributed by atoms with Gasteiger partial charge in [-0.15, -0.1) is 22.9 Å². The van der Waals surface area contributed by atoms with E-state index in [-0.39, 0.29) is 11.3 Å². The van der Waals surface area contributed by atoms with Crippen LogP contribution in [0, 0.1) is 0 Å². The first-order valence-electron chi connectivity index (χ1n) is 6.67. The lowest BCUT2D eigenvalue weighted by Crippen LogP contribution is -2.12. The van der Waals surface area contributed by atoms with Crippen LogP contribution in [0.15, 0.2) is 29.6 Å². The first kappa shape index (κ1) is 15.8. The second-order valence-electron chi connectivity index (χ2n) is 5.95. The van der Waals surface area contributed by atoms with Crippen molar-refractivity contribution < 1.29 is 0 Å². The van der Waals surface area contributed by atoms with Crippen LogP contribution >= 0.6 is 34.5 Å². The van der Waals surface area contributed by atoms with Crippen molar-refractivity contribution in [2.75, 3.05) is 5.88 Å². The van der Waals surface area contributed by atoms with Crippen LogP contribution < -0.4 is 0 Å². The maximum absolute atomic E-state index is 6.27.